The van der Waals surface area contributed by atoms with Crippen molar-refractivity contribution in [1.29, 1.82) is 0 Å². The number of halogens is 1. The van der Waals surface area contributed by atoms with E-state index >= 15 is 0 Å². The normalized spacial score (nSPS) is 10.6. The summed E-state index contributed by atoms with van der Waals surface area (Å²) in [4.78, 5) is 15.8. The van der Waals surface area contributed by atoms with Crippen LogP contribution in [0.2, 0.25) is 0 Å². The number of nitrogens with zero attached hydrogens (tertiary/aromatic N) is 3. The molecule has 0 aliphatic carbocycles. The number of aryl methyl sites for hydroxylation is 2. The zero-order chi connectivity index (χ0) is 14.7. The molecule has 2 aromatic heterocycles. The minimum atomic E-state index is -0.534. The molecule has 0 saturated carbocycles. The van der Waals surface area contributed by atoms with E-state index in [-0.39, 0.29) is 11.5 Å². The van der Waals surface area contributed by atoms with Crippen molar-refractivity contribution >= 4 is 11.6 Å². The van der Waals surface area contributed by atoms with Crippen LogP contribution < -0.4 is 5.32 Å². The van der Waals surface area contributed by atoms with Crippen molar-refractivity contribution in [2.45, 2.75) is 33.7 Å². The molecule has 0 atom stereocenters. The Hall–Kier alpha value is -2.24. The highest BCUT2D eigenvalue weighted by atomic mass is 19.1. The van der Waals surface area contributed by atoms with E-state index in [2.05, 4.69) is 22.3 Å². The Labute approximate surface area is 116 Å². The van der Waals surface area contributed by atoms with Crippen LogP contribution in [0.15, 0.2) is 18.5 Å². The second kappa shape index (κ2) is 5.81. The Morgan fingerprint density at radius 1 is 1.40 bits per heavy atom. The fraction of sp³-hybridized carbons (Fsp3) is 0.357. The fourth-order valence-electron chi connectivity index (χ4n) is 2.03. The molecule has 5 nitrogen and oxygen atoms in total. The minimum absolute atomic E-state index is 0.187. The average molecular weight is 276 g/mol. The van der Waals surface area contributed by atoms with Crippen LogP contribution in [0, 0.1) is 19.7 Å². The predicted molar refractivity (Wildman–Crippen MR) is 74.1 cm³/mol. The van der Waals surface area contributed by atoms with Crippen molar-refractivity contribution < 1.29 is 9.18 Å². The van der Waals surface area contributed by atoms with Gasteiger partial charge in [-0.1, -0.05) is 6.92 Å². The van der Waals surface area contributed by atoms with Crippen LogP contribution in [-0.2, 0) is 6.54 Å². The summed E-state index contributed by atoms with van der Waals surface area (Å²) in [5, 5.41) is 7.15. The molecule has 0 aliphatic rings. The second-order valence-corrected chi connectivity index (χ2v) is 4.61. The summed E-state index contributed by atoms with van der Waals surface area (Å²) in [6.45, 7) is 6.59. The summed E-state index contributed by atoms with van der Waals surface area (Å²) >= 11 is 0. The number of hydrogen-bond acceptors (Lipinski definition) is 3. The molecule has 0 aliphatic heterocycles. The summed E-state index contributed by atoms with van der Waals surface area (Å²) < 4.78 is 14.9. The van der Waals surface area contributed by atoms with Gasteiger partial charge >= 0.3 is 0 Å². The summed E-state index contributed by atoms with van der Waals surface area (Å²) in [7, 11) is 0. The maximum Gasteiger partial charge on any atom is 0.257 e. The van der Waals surface area contributed by atoms with E-state index in [4.69, 9.17) is 0 Å². The van der Waals surface area contributed by atoms with E-state index in [0.717, 1.165) is 36.6 Å². The summed E-state index contributed by atoms with van der Waals surface area (Å²) in [6, 6.07) is 1.16. The molecule has 0 aromatic carbocycles. The molecule has 2 rings (SSSR count). The van der Waals surface area contributed by atoms with Crippen LogP contribution in [-0.4, -0.2) is 20.7 Å². The Morgan fingerprint density at radius 2 is 2.15 bits per heavy atom. The van der Waals surface area contributed by atoms with Crippen LogP contribution in [0.5, 0.6) is 0 Å². The smallest absolute Gasteiger partial charge is 0.257 e. The molecule has 1 amide bonds. The molecule has 106 valence electrons. The lowest BCUT2D eigenvalue weighted by atomic mass is 10.2. The van der Waals surface area contributed by atoms with Crippen molar-refractivity contribution in [3.05, 3.63) is 41.2 Å². The summed E-state index contributed by atoms with van der Waals surface area (Å²) in [6.07, 6.45) is 3.36. The van der Waals surface area contributed by atoms with Gasteiger partial charge in [0.25, 0.3) is 5.91 Å². The Bertz CT molecular complexity index is 636. The molecule has 0 fully saturated rings. The molecule has 20 heavy (non-hydrogen) atoms. The summed E-state index contributed by atoms with van der Waals surface area (Å²) in [5.74, 6) is -0.924. The lowest BCUT2D eigenvalue weighted by Crippen LogP contribution is -2.14. The van der Waals surface area contributed by atoms with Crippen molar-refractivity contribution in [1.82, 2.24) is 14.8 Å². The van der Waals surface area contributed by atoms with Gasteiger partial charge in [-0.15, -0.1) is 0 Å². The number of amides is 1. The first kappa shape index (κ1) is 14.2. The van der Waals surface area contributed by atoms with Crippen molar-refractivity contribution in [3.8, 4) is 0 Å². The van der Waals surface area contributed by atoms with E-state index in [1.807, 2.05) is 18.5 Å². The third kappa shape index (κ3) is 2.84. The molecule has 0 spiro atoms. The SMILES string of the molecule is CCCn1nc(C)c(NC(=O)c2cncc(F)c2)c1C. The lowest BCUT2D eigenvalue weighted by Gasteiger charge is -2.06. The van der Waals surface area contributed by atoms with E-state index in [1.165, 1.54) is 6.20 Å². The van der Waals surface area contributed by atoms with Gasteiger partial charge in [-0.25, -0.2) is 4.39 Å². The fourth-order valence-corrected chi connectivity index (χ4v) is 2.03. The van der Waals surface area contributed by atoms with Crippen molar-refractivity contribution in [2.75, 3.05) is 5.32 Å². The third-order valence-corrected chi connectivity index (χ3v) is 3.02. The lowest BCUT2D eigenvalue weighted by molar-refractivity contribution is 0.102. The van der Waals surface area contributed by atoms with Gasteiger partial charge in [0.15, 0.2) is 0 Å². The van der Waals surface area contributed by atoms with Crippen molar-refractivity contribution in [3.63, 3.8) is 0 Å². The molecular formula is C14H17FN4O. The Balaban J connectivity index is 2.24. The molecule has 6 heteroatoms. The maximum absolute atomic E-state index is 13.1. The monoisotopic (exact) mass is 276 g/mol. The maximum atomic E-state index is 13.1. The van der Waals surface area contributed by atoms with E-state index in [9.17, 15) is 9.18 Å². The Morgan fingerprint density at radius 3 is 2.80 bits per heavy atom. The second-order valence-electron chi connectivity index (χ2n) is 4.61. The van der Waals surface area contributed by atoms with Gasteiger partial charge < -0.3 is 5.32 Å². The average Bonchev–Trinajstić information content (AvgIpc) is 2.67. The third-order valence-electron chi connectivity index (χ3n) is 3.02. The molecule has 0 bridgehead atoms. The number of aromatic nitrogens is 3. The van der Waals surface area contributed by atoms with Crippen LogP contribution in [0.3, 0.4) is 0 Å². The highest BCUT2D eigenvalue weighted by Crippen LogP contribution is 2.20. The zero-order valence-electron chi connectivity index (χ0n) is 11.8. The van der Waals surface area contributed by atoms with Gasteiger partial charge in [0.1, 0.15) is 5.82 Å². The molecule has 0 radical (unpaired) electrons. The first-order valence-electron chi connectivity index (χ1n) is 6.48. The van der Waals surface area contributed by atoms with E-state index < -0.39 is 5.82 Å². The van der Waals surface area contributed by atoms with Gasteiger partial charge in [0, 0.05) is 12.7 Å². The number of nitrogens with one attached hydrogen (secondary N) is 1. The highest BCUT2D eigenvalue weighted by Gasteiger charge is 2.15. The van der Waals surface area contributed by atoms with Crippen LogP contribution in [0.4, 0.5) is 10.1 Å². The molecule has 2 heterocycles. The van der Waals surface area contributed by atoms with Gasteiger partial charge in [-0.2, -0.15) is 5.10 Å². The van der Waals surface area contributed by atoms with Crippen LogP contribution >= 0.6 is 0 Å². The first-order valence-corrected chi connectivity index (χ1v) is 6.48. The summed E-state index contributed by atoms with van der Waals surface area (Å²) in [5.41, 5.74) is 2.50. The highest BCUT2D eigenvalue weighted by molar-refractivity contribution is 6.04. The zero-order valence-corrected chi connectivity index (χ0v) is 11.8. The largest absolute Gasteiger partial charge is 0.319 e. The van der Waals surface area contributed by atoms with Crippen molar-refractivity contribution in [2.24, 2.45) is 0 Å². The van der Waals surface area contributed by atoms with Gasteiger partial charge in [0.2, 0.25) is 0 Å². The quantitative estimate of drug-likeness (QED) is 0.934. The van der Waals surface area contributed by atoms with Crippen LogP contribution in [0.1, 0.15) is 35.1 Å². The predicted octanol–water partition coefficient (Wildman–Crippen LogP) is 2.70. The number of carbonyl (C=O) groups is 1. The molecule has 0 saturated heterocycles. The van der Waals surface area contributed by atoms with E-state index in [1.54, 1.807) is 0 Å². The topological polar surface area (TPSA) is 59.8 Å². The first-order chi connectivity index (χ1) is 9.52. The van der Waals surface area contributed by atoms with Crippen LogP contribution in [0.25, 0.3) is 0 Å². The van der Waals surface area contributed by atoms with E-state index in [0.29, 0.717) is 5.69 Å². The molecule has 2 aromatic rings. The molecular weight excluding hydrogens is 259 g/mol. The molecule has 1 N–H and O–H groups in total. The number of carbonyl (C=O) groups excluding carboxylic acids is 1. The number of hydrogen-bond donors (Lipinski definition) is 1. The minimum Gasteiger partial charge on any atom is -0.319 e. The standard InChI is InChI=1S/C14H17FN4O/c1-4-5-19-10(3)13(9(2)18-19)17-14(20)11-6-12(15)8-16-7-11/h6-8H,4-5H2,1-3H3,(H,17,20). The number of pyridine rings is 1. The van der Waals surface area contributed by atoms with Gasteiger partial charge in [-0.05, 0) is 26.3 Å². The molecule has 0 unspecified atom stereocenters. The Kier molecular flexibility index (Phi) is 4.12. The number of rotatable bonds is 4. The van der Waals surface area contributed by atoms with Gasteiger partial charge in [-0.3, -0.25) is 14.5 Å². The number of anilines is 1. The van der Waals surface area contributed by atoms with Gasteiger partial charge in [0.05, 0.1) is 28.8 Å².